The molecule has 0 radical (unpaired) electrons. The minimum absolute atomic E-state index is 0.0432. The van der Waals surface area contributed by atoms with Gasteiger partial charge in [-0.05, 0) is 49.2 Å². The molecule has 3 aromatic carbocycles. The van der Waals surface area contributed by atoms with Gasteiger partial charge in [0.1, 0.15) is 6.17 Å². The Kier molecular flexibility index (Phi) is 5.48. The minimum Gasteiger partial charge on any atom is -0.345 e. The monoisotopic (exact) mass is 479 g/mol. The van der Waals surface area contributed by atoms with E-state index in [2.05, 4.69) is 15.3 Å². The highest BCUT2D eigenvalue weighted by Gasteiger charge is 2.47. The van der Waals surface area contributed by atoms with Crippen molar-refractivity contribution in [2.75, 3.05) is 16.8 Å². The summed E-state index contributed by atoms with van der Waals surface area (Å²) in [6.45, 7) is 0.508. The average molecular weight is 480 g/mol. The molecule has 0 saturated carbocycles. The quantitative estimate of drug-likeness (QED) is 0.369. The summed E-state index contributed by atoms with van der Waals surface area (Å²) in [5.41, 5.74) is 5.17. The molecular weight excluding hydrogens is 454 g/mol. The molecule has 0 fully saturated rings. The number of nitrogens with one attached hydrogen (secondary N) is 2. The number of amides is 3. The Morgan fingerprint density at radius 3 is 2.61 bits per heavy atom. The number of rotatable bonds is 7. The molecule has 180 valence electrons. The Morgan fingerprint density at radius 2 is 1.72 bits per heavy atom. The molecule has 2 aliphatic heterocycles. The predicted molar refractivity (Wildman–Crippen MR) is 137 cm³/mol. The van der Waals surface area contributed by atoms with Gasteiger partial charge in [-0.3, -0.25) is 19.3 Å². The standard InChI is InChI=1S/C28H25N5O3/c34-25(31-18-13-14-22-23(16-18)30-17-29-22)12-2-1-7-15-32-26-19-8-3-4-9-20(19)28(36)33(26)24-11-6-5-10-21(24)27(32)35/h3-6,8-11,13-14,16-17,26H,1-2,7,12,15H2,(H,29,30)(H,31,34)/t26-/m0/s1. The normalized spacial score (nSPS) is 16.2. The van der Waals surface area contributed by atoms with Crippen molar-refractivity contribution in [3.05, 3.63) is 89.7 Å². The Morgan fingerprint density at radius 1 is 0.917 bits per heavy atom. The van der Waals surface area contributed by atoms with Gasteiger partial charge in [0.15, 0.2) is 0 Å². The van der Waals surface area contributed by atoms with Crippen LogP contribution in [0.15, 0.2) is 73.1 Å². The molecule has 8 heteroatoms. The van der Waals surface area contributed by atoms with Gasteiger partial charge in [-0.2, -0.15) is 0 Å². The maximum Gasteiger partial charge on any atom is 0.260 e. The number of unbranched alkanes of at least 4 members (excludes halogenated alkanes) is 2. The van der Waals surface area contributed by atoms with E-state index < -0.39 is 6.17 Å². The number of para-hydroxylation sites is 1. The summed E-state index contributed by atoms with van der Waals surface area (Å²) in [6, 6.07) is 20.4. The number of hydrogen-bond donors (Lipinski definition) is 2. The third-order valence-electron chi connectivity index (χ3n) is 6.89. The number of anilines is 2. The van der Waals surface area contributed by atoms with Crippen LogP contribution >= 0.6 is 0 Å². The molecule has 0 saturated heterocycles. The van der Waals surface area contributed by atoms with Crippen LogP contribution < -0.4 is 10.2 Å². The Labute approximate surface area is 207 Å². The second-order valence-corrected chi connectivity index (χ2v) is 9.15. The molecular formula is C28H25N5O3. The molecule has 0 spiro atoms. The molecule has 2 N–H and O–H groups in total. The highest BCUT2D eigenvalue weighted by Crippen LogP contribution is 2.45. The number of imidazole rings is 1. The highest BCUT2D eigenvalue weighted by atomic mass is 16.2. The molecule has 3 amide bonds. The van der Waals surface area contributed by atoms with Crippen molar-refractivity contribution in [2.45, 2.75) is 31.8 Å². The SMILES string of the molecule is O=C(CCCCCN1C(=O)c2ccccc2N2C(=O)c3ccccc3[C@@H]12)Nc1ccc2nc[nH]c2c1. The molecule has 1 atom stereocenters. The number of benzene rings is 3. The first-order valence-corrected chi connectivity index (χ1v) is 12.2. The Hall–Kier alpha value is -4.46. The summed E-state index contributed by atoms with van der Waals surface area (Å²) in [6.07, 6.45) is 3.83. The number of aromatic amines is 1. The second-order valence-electron chi connectivity index (χ2n) is 9.15. The van der Waals surface area contributed by atoms with Crippen molar-refractivity contribution >= 4 is 40.1 Å². The van der Waals surface area contributed by atoms with Crippen LogP contribution in [-0.4, -0.2) is 39.1 Å². The summed E-state index contributed by atoms with van der Waals surface area (Å²) >= 11 is 0. The van der Waals surface area contributed by atoms with Crippen LogP contribution in [0, 0.1) is 0 Å². The van der Waals surface area contributed by atoms with Crippen LogP contribution in [0.25, 0.3) is 11.0 Å². The van der Waals surface area contributed by atoms with Crippen molar-refractivity contribution in [2.24, 2.45) is 0 Å². The largest absolute Gasteiger partial charge is 0.345 e. The van der Waals surface area contributed by atoms with E-state index in [1.807, 2.05) is 60.7 Å². The maximum atomic E-state index is 13.4. The molecule has 0 bridgehead atoms. The molecule has 2 aliphatic rings. The van der Waals surface area contributed by atoms with Crippen LogP contribution in [0.1, 0.15) is 58.1 Å². The van der Waals surface area contributed by atoms with E-state index in [9.17, 15) is 14.4 Å². The van der Waals surface area contributed by atoms with Crippen LogP contribution in [0.2, 0.25) is 0 Å². The first-order valence-electron chi connectivity index (χ1n) is 12.2. The summed E-state index contributed by atoms with van der Waals surface area (Å²) in [5.74, 6) is -0.188. The lowest BCUT2D eigenvalue weighted by Gasteiger charge is -2.41. The number of hydrogen-bond acceptors (Lipinski definition) is 4. The third-order valence-corrected chi connectivity index (χ3v) is 6.89. The van der Waals surface area contributed by atoms with Gasteiger partial charge in [0.25, 0.3) is 11.8 Å². The van der Waals surface area contributed by atoms with Crippen LogP contribution in [0.5, 0.6) is 0 Å². The van der Waals surface area contributed by atoms with Crippen molar-refractivity contribution < 1.29 is 14.4 Å². The first kappa shape index (κ1) is 22.0. The highest BCUT2D eigenvalue weighted by molar-refractivity contribution is 6.16. The number of aromatic nitrogens is 2. The van der Waals surface area contributed by atoms with Gasteiger partial charge in [0, 0.05) is 29.8 Å². The maximum absolute atomic E-state index is 13.4. The number of carbonyl (C=O) groups is 3. The zero-order valence-electron chi connectivity index (χ0n) is 19.6. The molecule has 36 heavy (non-hydrogen) atoms. The Balaban J connectivity index is 1.10. The van der Waals surface area contributed by atoms with E-state index in [4.69, 9.17) is 0 Å². The zero-order valence-corrected chi connectivity index (χ0v) is 19.6. The number of carbonyl (C=O) groups excluding carboxylic acids is 3. The van der Waals surface area contributed by atoms with Crippen molar-refractivity contribution in [3.8, 4) is 0 Å². The fourth-order valence-corrected chi connectivity index (χ4v) is 5.18. The van der Waals surface area contributed by atoms with Crippen molar-refractivity contribution in [3.63, 3.8) is 0 Å². The van der Waals surface area contributed by atoms with Gasteiger partial charge in [-0.25, -0.2) is 4.98 Å². The topological polar surface area (TPSA) is 98.4 Å². The van der Waals surface area contributed by atoms with Crippen LogP contribution in [-0.2, 0) is 4.79 Å². The van der Waals surface area contributed by atoms with Crippen LogP contribution in [0.3, 0.4) is 0 Å². The second kappa shape index (κ2) is 8.96. The summed E-state index contributed by atoms with van der Waals surface area (Å²) in [7, 11) is 0. The first-order chi connectivity index (χ1) is 17.6. The molecule has 3 heterocycles. The number of nitrogens with zero attached hydrogens (tertiary/aromatic N) is 3. The van der Waals surface area contributed by atoms with Gasteiger partial charge in [-0.1, -0.05) is 36.8 Å². The van der Waals surface area contributed by atoms with Crippen LogP contribution in [0.4, 0.5) is 11.4 Å². The molecule has 0 unspecified atom stereocenters. The van der Waals surface area contributed by atoms with Gasteiger partial charge in [0.2, 0.25) is 5.91 Å². The summed E-state index contributed by atoms with van der Waals surface area (Å²) < 4.78 is 0. The molecule has 8 nitrogen and oxygen atoms in total. The fourth-order valence-electron chi connectivity index (χ4n) is 5.18. The minimum atomic E-state index is -0.434. The summed E-state index contributed by atoms with van der Waals surface area (Å²) in [5, 5.41) is 2.93. The van der Waals surface area contributed by atoms with E-state index in [1.54, 1.807) is 22.2 Å². The molecule has 4 aromatic rings. The number of fused-ring (bicyclic) bond motifs is 6. The Bertz CT molecular complexity index is 1490. The van der Waals surface area contributed by atoms with Crippen molar-refractivity contribution in [1.82, 2.24) is 14.9 Å². The lowest BCUT2D eigenvalue weighted by atomic mass is 10.0. The van der Waals surface area contributed by atoms with E-state index >= 15 is 0 Å². The number of H-pyrrole nitrogens is 1. The fraction of sp³-hybridized carbons (Fsp3) is 0.214. The van der Waals surface area contributed by atoms with Gasteiger partial charge in [0.05, 0.1) is 28.6 Å². The van der Waals surface area contributed by atoms with Gasteiger partial charge in [-0.15, -0.1) is 0 Å². The van der Waals surface area contributed by atoms with E-state index in [0.717, 1.165) is 35.1 Å². The average Bonchev–Trinajstić information content (AvgIpc) is 3.48. The lowest BCUT2D eigenvalue weighted by Crippen LogP contribution is -2.48. The van der Waals surface area contributed by atoms with E-state index in [1.165, 1.54) is 0 Å². The summed E-state index contributed by atoms with van der Waals surface area (Å²) in [4.78, 5) is 49.9. The van der Waals surface area contributed by atoms with Crippen molar-refractivity contribution in [1.29, 1.82) is 0 Å². The smallest absolute Gasteiger partial charge is 0.260 e. The third kappa shape index (κ3) is 3.71. The van der Waals surface area contributed by atoms with E-state index in [0.29, 0.717) is 36.2 Å². The predicted octanol–water partition coefficient (Wildman–Crippen LogP) is 4.88. The van der Waals surface area contributed by atoms with E-state index in [-0.39, 0.29) is 17.7 Å². The zero-order chi connectivity index (χ0) is 24.6. The van der Waals surface area contributed by atoms with Gasteiger partial charge < -0.3 is 15.2 Å². The molecule has 1 aromatic heterocycles. The lowest BCUT2D eigenvalue weighted by molar-refractivity contribution is -0.116. The van der Waals surface area contributed by atoms with Gasteiger partial charge >= 0.3 is 0 Å². The molecule has 0 aliphatic carbocycles. The molecule has 6 rings (SSSR count).